The quantitative estimate of drug-likeness (QED) is 0.194. The van der Waals surface area contributed by atoms with Gasteiger partial charge in [0.1, 0.15) is 6.61 Å². The number of esters is 1. The molecule has 9 heteroatoms. The van der Waals surface area contributed by atoms with Gasteiger partial charge in [-0.25, -0.2) is 4.79 Å². The number of unbranched alkanes of at least 4 members (excludes halogenated alkanes) is 1. The Kier molecular flexibility index (Phi) is 8.59. The second kappa shape index (κ2) is 11.2. The van der Waals surface area contributed by atoms with Crippen molar-refractivity contribution in [2.24, 2.45) is 0 Å². The summed E-state index contributed by atoms with van der Waals surface area (Å²) in [5.74, 6) is 0.725. The van der Waals surface area contributed by atoms with Gasteiger partial charge >= 0.3 is 12.0 Å². The molecule has 0 bridgehead atoms. The molecule has 8 nitrogen and oxygen atoms in total. The third-order valence-electron chi connectivity index (χ3n) is 5.87. The molecule has 3 rings (SSSR count). The fourth-order valence-corrected chi connectivity index (χ4v) is 5.79. The summed E-state index contributed by atoms with van der Waals surface area (Å²) in [5.41, 5.74) is 1.53. The average Bonchev–Trinajstić information content (AvgIpc) is 3.22. The molecule has 2 saturated heterocycles. The number of carbonyl (C=O) groups excluding carboxylic acids is 2. The van der Waals surface area contributed by atoms with Crippen LogP contribution in [0.15, 0.2) is 24.3 Å². The van der Waals surface area contributed by atoms with Crippen LogP contribution >= 0.6 is 11.8 Å². The summed E-state index contributed by atoms with van der Waals surface area (Å²) < 4.78 is 16.1. The van der Waals surface area contributed by atoms with Crippen LogP contribution in [-0.2, 0) is 25.6 Å². The van der Waals surface area contributed by atoms with E-state index in [0.29, 0.717) is 11.7 Å². The van der Waals surface area contributed by atoms with Crippen molar-refractivity contribution in [3.05, 3.63) is 35.4 Å². The van der Waals surface area contributed by atoms with Gasteiger partial charge in [0.25, 0.3) is 0 Å². The first-order valence-corrected chi connectivity index (χ1v) is 11.7. The lowest BCUT2D eigenvalue weighted by molar-refractivity contribution is -0.145. The van der Waals surface area contributed by atoms with E-state index < -0.39 is 6.29 Å². The highest BCUT2D eigenvalue weighted by atomic mass is 32.2. The predicted octanol–water partition coefficient (Wildman–Crippen LogP) is 2.50. The Morgan fingerprint density at radius 1 is 1.32 bits per heavy atom. The van der Waals surface area contributed by atoms with Crippen LogP contribution in [0.3, 0.4) is 0 Å². The Labute approximate surface area is 187 Å². The summed E-state index contributed by atoms with van der Waals surface area (Å²) in [4.78, 5) is 23.7. The van der Waals surface area contributed by atoms with Crippen molar-refractivity contribution in [1.29, 1.82) is 0 Å². The molecule has 0 radical (unpaired) electrons. The monoisotopic (exact) mass is 452 g/mol. The van der Waals surface area contributed by atoms with Gasteiger partial charge < -0.3 is 30.0 Å². The van der Waals surface area contributed by atoms with Gasteiger partial charge in [0.15, 0.2) is 6.29 Å². The van der Waals surface area contributed by atoms with Crippen LogP contribution in [0.5, 0.6) is 0 Å². The van der Waals surface area contributed by atoms with Crippen LogP contribution in [0.4, 0.5) is 4.79 Å². The first kappa shape index (κ1) is 23.8. The third-order valence-corrected chi connectivity index (χ3v) is 7.52. The number of amides is 2. The van der Waals surface area contributed by atoms with Crippen molar-refractivity contribution in [3.63, 3.8) is 0 Å². The summed E-state index contributed by atoms with van der Waals surface area (Å²) in [6.45, 7) is 2.46. The SMILES string of the molecule is COC(OCCO)c1ccc(COC(=O)CCCC[C@@H]2SC[C@@H]3NC(=O)N[C@@]32C)cc1. The van der Waals surface area contributed by atoms with Gasteiger partial charge in [0.2, 0.25) is 0 Å². The number of nitrogens with one attached hydrogen (secondary N) is 2. The number of carbonyl (C=O) groups is 2. The van der Waals surface area contributed by atoms with E-state index in [1.807, 2.05) is 36.0 Å². The topological polar surface area (TPSA) is 106 Å². The zero-order valence-corrected chi connectivity index (χ0v) is 18.9. The number of hydrogen-bond donors (Lipinski definition) is 3. The standard InChI is InChI=1S/C22H32N2O6S/c1-22-17(23-21(27)24-22)14-31-18(22)5-3-4-6-19(26)30-13-15-7-9-16(10-8-15)20(28-2)29-12-11-25/h7-10,17-18,20,25H,3-6,11-14H2,1-2H3,(H2,23,24,27)/t17-,18-,20?,22-/m0/s1. The lowest BCUT2D eigenvalue weighted by atomic mass is 9.89. The van der Waals surface area contributed by atoms with Crippen LogP contribution < -0.4 is 10.6 Å². The molecular weight excluding hydrogens is 420 g/mol. The Hall–Kier alpha value is -1.81. The molecule has 2 heterocycles. The van der Waals surface area contributed by atoms with Crippen LogP contribution in [0.25, 0.3) is 0 Å². The first-order chi connectivity index (χ1) is 15.0. The summed E-state index contributed by atoms with van der Waals surface area (Å²) in [6.07, 6.45) is 2.52. The molecule has 31 heavy (non-hydrogen) atoms. The maximum atomic E-state index is 12.1. The molecule has 1 aromatic carbocycles. The van der Waals surface area contributed by atoms with Gasteiger partial charge in [-0.05, 0) is 25.3 Å². The summed E-state index contributed by atoms with van der Waals surface area (Å²) in [7, 11) is 1.54. The van der Waals surface area contributed by atoms with E-state index >= 15 is 0 Å². The van der Waals surface area contributed by atoms with Crippen LogP contribution in [0.2, 0.25) is 0 Å². The zero-order valence-electron chi connectivity index (χ0n) is 18.1. The van der Waals surface area contributed by atoms with Gasteiger partial charge in [0.05, 0.1) is 24.8 Å². The van der Waals surface area contributed by atoms with E-state index in [9.17, 15) is 9.59 Å². The number of thioether (sulfide) groups is 1. The van der Waals surface area contributed by atoms with Crippen LogP contribution in [0.1, 0.15) is 50.0 Å². The number of rotatable bonds is 12. The maximum absolute atomic E-state index is 12.1. The molecule has 0 spiro atoms. The van der Waals surface area contributed by atoms with Crippen molar-refractivity contribution in [1.82, 2.24) is 10.6 Å². The fourth-order valence-electron chi connectivity index (χ4n) is 4.03. The molecule has 2 aliphatic heterocycles. The van der Waals surface area contributed by atoms with Crippen molar-refractivity contribution < 1.29 is 28.9 Å². The summed E-state index contributed by atoms with van der Waals surface area (Å²) >= 11 is 1.89. The number of ether oxygens (including phenoxy) is 3. The number of benzene rings is 1. The fraction of sp³-hybridized carbons (Fsp3) is 0.636. The highest BCUT2D eigenvalue weighted by molar-refractivity contribution is 8.00. The molecule has 0 saturated carbocycles. The van der Waals surface area contributed by atoms with Crippen LogP contribution in [0, 0.1) is 0 Å². The second-order valence-electron chi connectivity index (χ2n) is 8.07. The van der Waals surface area contributed by atoms with Gasteiger partial charge in [-0.3, -0.25) is 4.79 Å². The van der Waals surface area contributed by atoms with E-state index in [-0.39, 0.29) is 43.4 Å². The molecule has 1 unspecified atom stereocenters. The van der Waals surface area contributed by atoms with Crippen LogP contribution in [-0.4, -0.2) is 60.0 Å². The van der Waals surface area contributed by atoms with Crippen molar-refractivity contribution >= 4 is 23.8 Å². The van der Waals surface area contributed by atoms with Crippen molar-refractivity contribution in [2.75, 3.05) is 26.1 Å². The van der Waals surface area contributed by atoms with E-state index in [1.54, 1.807) is 7.11 Å². The number of methoxy groups -OCH3 is 1. The molecule has 3 N–H and O–H groups in total. The van der Waals surface area contributed by atoms with Crippen molar-refractivity contribution in [2.45, 2.75) is 62.3 Å². The van der Waals surface area contributed by atoms with Gasteiger partial charge in [-0.15, -0.1) is 0 Å². The minimum Gasteiger partial charge on any atom is -0.461 e. The maximum Gasteiger partial charge on any atom is 0.315 e. The summed E-state index contributed by atoms with van der Waals surface area (Å²) in [6, 6.07) is 7.57. The van der Waals surface area contributed by atoms with Gasteiger partial charge in [-0.2, -0.15) is 11.8 Å². The van der Waals surface area contributed by atoms with Gasteiger partial charge in [-0.1, -0.05) is 30.7 Å². The lowest BCUT2D eigenvalue weighted by Crippen LogP contribution is -2.50. The number of urea groups is 1. The normalized spacial score (nSPS) is 25.6. The highest BCUT2D eigenvalue weighted by Crippen LogP contribution is 2.41. The third kappa shape index (κ3) is 6.12. The first-order valence-electron chi connectivity index (χ1n) is 10.7. The van der Waals surface area contributed by atoms with E-state index in [2.05, 4.69) is 17.6 Å². The summed E-state index contributed by atoms with van der Waals surface area (Å²) in [5, 5.41) is 15.3. The molecule has 172 valence electrons. The number of aliphatic hydroxyl groups excluding tert-OH is 1. The number of aliphatic hydroxyl groups is 1. The Morgan fingerprint density at radius 3 is 2.81 bits per heavy atom. The smallest absolute Gasteiger partial charge is 0.315 e. The van der Waals surface area contributed by atoms with E-state index in [1.165, 1.54) is 0 Å². The highest BCUT2D eigenvalue weighted by Gasteiger charge is 2.52. The number of hydrogen-bond acceptors (Lipinski definition) is 7. The zero-order chi connectivity index (χ0) is 22.3. The Balaban J connectivity index is 1.34. The molecule has 0 aliphatic carbocycles. The lowest BCUT2D eigenvalue weighted by Gasteiger charge is -2.29. The molecule has 2 aliphatic rings. The van der Waals surface area contributed by atoms with Gasteiger partial charge in [0, 0.05) is 30.1 Å². The Morgan fingerprint density at radius 2 is 2.10 bits per heavy atom. The van der Waals surface area contributed by atoms with E-state index in [4.69, 9.17) is 19.3 Å². The molecule has 4 atom stereocenters. The molecule has 2 fully saturated rings. The molecule has 2 amide bonds. The molecular formula is C22H32N2O6S. The molecule has 1 aromatic rings. The predicted molar refractivity (Wildman–Crippen MR) is 118 cm³/mol. The largest absolute Gasteiger partial charge is 0.461 e. The second-order valence-corrected chi connectivity index (χ2v) is 9.30. The minimum absolute atomic E-state index is 0.0685. The van der Waals surface area contributed by atoms with Crippen molar-refractivity contribution in [3.8, 4) is 0 Å². The number of fused-ring (bicyclic) bond motifs is 1. The Bertz CT molecular complexity index is 746. The molecule has 0 aromatic heterocycles. The van der Waals surface area contributed by atoms with E-state index in [0.717, 1.165) is 36.1 Å². The minimum atomic E-state index is -0.535. The average molecular weight is 453 g/mol.